The van der Waals surface area contributed by atoms with Crippen molar-refractivity contribution in [3.63, 3.8) is 0 Å². The van der Waals surface area contributed by atoms with E-state index < -0.39 is 11.2 Å². The SMILES string of the molecule is COc1ccc(CNC(=O)[C@]23COC[C@H]2CN(CCn2cccn2)C3)cc1F. The summed E-state index contributed by atoms with van der Waals surface area (Å²) in [5.74, 6) is -0.0766. The normalized spacial score (nSPS) is 24.3. The molecule has 8 heteroatoms. The molecule has 0 radical (unpaired) electrons. The fraction of sp³-hybridized carbons (Fsp3) is 0.500. The molecule has 1 N–H and O–H groups in total. The van der Waals surface area contributed by atoms with Gasteiger partial charge in [0, 0.05) is 44.5 Å². The number of fused-ring (bicyclic) bond motifs is 1. The van der Waals surface area contributed by atoms with Gasteiger partial charge in [-0.2, -0.15) is 5.10 Å². The number of nitrogens with zero attached hydrogens (tertiary/aromatic N) is 3. The smallest absolute Gasteiger partial charge is 0.230 e. The molecule has 150 valence electrons. The molecule has 1 aromatic heterocycles. The highest BCUT2D eigenvalue weighted by Crippen LogP contribution is 2.41. The molecule has 2 aliphatic rings. The predicted octanol–water partition coefficient (Wildman–Crippen LogP) is 1.30. The second-order valence-electron chi connectivity index (χ2n) is 7.52. The van der Waals surface area contributed by atoms with Crippen LogP contribution in [0.3, 0.4) is 0 Å². The average molecular weight is 388 g/mol. The molecule has 2 saturated heterocycles. The maximum absolute atomic E-state index is 13.9. The summed E-state index contributed by atoms with van der Waals surface area (Å²) in [6.45, 7) is 4.46. The number of carbonyl (C=O) groups excluding carboxylic acids is 1. The van der Waals surface area contributed by atoms with Gasteiger partial charge in [0.05, 0.1) is 32.3 Å². The van der Waals surface area contributed by atoms with E-state index in [2.05, 4.69) is 15.3 Å². The zero-order chi connectivity index (χ0) is 19.6. The van der Waals surface area contributed by atoms with Crippen LogP contribution in [0.2, 0.25) is 0 Å². The van der Waals surface area contributed by atoms with Crippen molar-refractivity contribution >= 4 is 5.91 Å². The third-order valence-corrected chi connectivity index (χ3v) is 5.77. The topological polar surface area (TPSA) is 68.6 Å². The number of likely N-dealkylation sites (tertiary alicyclic amines) is 1. The Morgan fingerprint density at radius 2 is 2.36 bits per heavy atom. The third-order valence-electron chi connectivity index (χ3n) is 5.77. The molecule has 2 atom stereocenters. The van der Waals surface area contributed by atoms with Crippen molar-refractivity contribution in [2.45, 2.75) is 13.1 Å². The first kappa shape index (κ1) is 18.9. The molecule has 28 heavy (non-hydrogen) atoms. The van der Waals surface area contributed by atoms with Gasteiger partial charge >= 0.3 is 0 Å². The van der Waals surface area contributed by atoms with Crippen LogP contribution in [-0.2, 0) is 22.6 Å². The van der Waals surface area contributed by atoms with Gasteiger partial charge in [-0.1, -0.05) is 6.07 Å². The Hall–Kier alpha value is -2.45. The van der Waals surface area contributed by atoms with Gasteiger partial charge in [0.25, 0.3) is 0 Å². The monoisotopic (exact) mass is 388 g/mol. The first-order valence-corrected chi connectivity index (χ1v) is 9.49. The minimum atomic E-state index is -0.533. The summed E-state index contributed by atoms with van der Waals surface area (Å²) in [4.78, 5) is 15.4. The van der Waals surface area contributed by atoms with E-state index >= 15 is 0 Å². The number of methoxy groups -OCH3 is 1. The number of halogens is 1. The number of hydrogen-bond acceptors (Lipinski definition) is 5. The highest BCUT2D eigenvalue weighted by Gasteiger charge is 2.55. The summed E-state index contributed by atoms with van der Waals surface area (Å²) in [5, 5.41) is 7.22. The van der Waals surface area contributed by atoms with Gasteiger partial charge in [-0.15, -0.1) is 0 Å². The van der Waals surface area contributed by atoms with Gasteiger partial charge < -0.3 is 14.8 Å². The highest BCUT2D eigenvalue weighted by atomic mass is 19.1. The Morgan fingerprint density at radius 1 is 1.46 bits per heavy atom. The van der Waals surface area contributed by atoms with Crippen LogP contribution in [0.25, 0.3) is 0 Å². The molecule has 1 aromatic carbocycles. The van der Waals surface area contributed by atoms with Crippen LogP contribution in [-0.4, -0.2) is 60.5 Å². The van der Waals surface area contributed by atoms with Crippen molar-refractivity contribution in [1.29, 1.82) is 0 Å². The Morgan fingerprint density at radius 3 is 3.11 bits per heavy atom. The van der Waals surface area contributed by atoms with Crippen LogP contribution in [0.4, 0.5) is 4.39 Å². The van der Waals surface area contributed by atoms with Gasteiger partial charge in [-0.25, -0.2) is 4.39 Å². The summed E-state index contributed by atoms with van der Waals surface area (Å²) < 4.78 is 26.4. The van der Waals surface area contributed by atoms with E-state index in [0.29, 0.717) is 25.3 Å². The third kappa shape index (κ3) is 3.62. The largest absolute Gasteiger partial charge is 0.494 e. The van der Waals surface area contributed by atoms with Crippen LogP contribution >= 0.6 is 0 Å². The first-order chi connectivity index (χ1) is 13.6. The van der Waals surface area contributed by atoms with E-state index in [0.717, 1.165) is 19.6 Å². The van der Waals surface area contributed by atoms with Crippen molar-refractivity contribution in [3.8, 4) is 5.75 Å². The van der Waals surface area contributed by atoms with E-state index in [1.54, 1.807) is 18.3 Å². The van der Waals surface area contributed by atoms with Gasteiger partial charge in [-0.05, 0) is 23.8 Å². The lowest BCUT2D eigenvalue weighted by Gasteiger charge is -2.26. The first-order valence-electron chi connectivity index (χ1n) is 9.49. The van der Waals surface area contributed by atoms with E-state index in [1.807, 2.05) is 16.9 Å². The number of rotatable bonds is 7. The highest BCUT2D eigenvalue weighted by molar-refractivity contribution is 5.84. The fourth-order valence-electron chi connectivity index (χ4n) is 4.19. The Labute approximate surface area is 163 Å². The second kappa shape index (κ2) is 7.89. The van der Waals surface area contributed by atoms with E-state index in [-0.39, 0.29) is 24.1 Å². The maximum atomic E-state index is 13.9. The number of aromatic nitrogens is 2. The minimum Gasteiger partial charge on any atom is -0.494 e. The minimum absolute atomic E-state index is 0.0205. The lowest BCUT2D eigenvalue weighted by Crippen LogP contribution is -2.46. The molecule has 2 aliphatic heterocycles. The van der Waals surface area contributed by atoms with Gasteiger partial charge in [0.15, 0.2) is 11.6 Å². The zero-order valence-electron chi connectivity index (χ0n) is 15.9. The van der Waals surface area contributed by atoms with Gasteiger partial charge in [-0.3, -0.25) is 14.4 Å². The zero-order valence-corrected chi connectivity index (χ0v) is 15.9. The second-order valence-corrected chi connectivity index (χ2v) is 7.52. The van der Waals surface area contributed by atoms with Crippen molar-refractivity contribution < 1.29 is 18.7 Å². The van der Waals surface area contributed by atoms with E-state index in [9.17, 15) is 9.18 Å². The number of nitrogens with one attached hydrogen (secondary N) is 1. The number of carbonyl (C=O) groups is 1. The summed E-state index contributed by atoms with van der Waals surface area (Å²) in [5.41, 5.74) is 0.168. The Balaban J connectivity index is 1.37. The molecule has 2 fully saturated rings. The van der Waals surface area contributed by atoms with E-state index in [4.69, 9.17) is 9.47 Å². The maximum Gasteiger partial charge on any atom is 0.230 e. The fourth-order valence-corrected chi connectivity index (χ4v) is 4.19. The quantitative estimate of drug-likeness (QED) is 0.774. The lowest BCUT2D eigenvalue weighted by atomic mass is 9.80. The number of amides is 1. The van der Waals surface area contributed by atoms with E-state index in [1.165, 1.54) is 13.2 Å². The van der Waals surface area contributed by atoms with Crippen molar-refractivity contribution in [1.82, 2.24) is 20.0 Å². The lowest BCUT2D eigenvalue weighted by molar-refractivity contribution is -0.131. The predicted molar refractivity (Wildman–Crippen MR) is 100 cm³/mol. The summed E-state index contributed by atoms with van der Waals surface area (Å²) >= 11 is 0. The van der Waals surface area contributed by atoms with Crippen molar-refractivity contribution in [3.05, 3.63) is 48.0 Å². The molecule has 2 aromatic rings. The van der Waals surface area contributed by atoms with Crippen LogP contribution in [0.15, 0.2) is 36.7 Å². The van der Waals surface area contributed by atoms with Crippen molar-refractivity contribution in [2.75, 3.05) is 40.0 Å². The number of hydrogen-bond donors (Lipinski definition) is 1. The summed E-state index contributed by atoms with van der Waals surface area (Å²) in [7, 11) is 1.43. The standard InChI is InChI=1S/C20H25FN4O3/c1-27-18-4-3-15(9-17(18)21)10-22-19(26)20-13-24(11-16(20)12-28-14-20)7-8-25-6-2-5-23-25/h2-6,9,16H,7-8,10-14H2,1H3,(H,22,26)/t16-,20-/m1/s1. The molecule has 0 unspecified atom stereocenters. The molecule has 0 saturated carbocycles. The van der Waals surface area contributed by atoms with Crippen LogP contribution in [0.5, 0.6) is 5.75 Å². The Kier molecular flexibility index (Phi) is 5.32. The molecule has 0 aliphatic carbocycles. The summed E-state index contributed by atoms with van der Waals surface area (Å²) in [6, 6.07) is 6.63. The average Bonchev–Trinajstić information content (AvgIpc) is 3.40. The van der Waals surface area contributed by atoms with Crippen LogP contribution < -0.4 is 10.1 Å². The number of ether oxygens (including phenoxy) is 2. The van der Waals surface area contributed by atoms with Gasteiger partial charge in [0.2, 0.25) is 5.91 Å². The number of benzene rings is 1. The molecule has 3 heterocycles. The summed E-state index contributed by atoms with van der Waals surface area (Å²) in [6.07, 6.45) is 3.71. The van der Waals surface area contributed by atoms with Gasteiger partial charge in [0.1, 0.15) is 0 Å². The molecule has 4 rings (SSSR count). The molecule has 0 bridgehead atoms. The molecular weight excluding hydrogens is 363 g/mol. The van der Waals surface area contributed by atoms with Crippen LogP contribution in [0.1, 0.15) is 5.56 Å². The van der Waals surface area contributed by atoms with Crippen molar-refractivity contribution in [2.24, 2.45) is 11.3 Å². The molecule has 1 amide bonds. The molecule has 0 spiro atoms. The molecule has 7 nitrogen and oxygen atoms in total. The Bertz CT molecular complexity index is 829. The molecular formula is C20H25FN4O3. The van der Waals surface area contributed by atoms with Crippen LogP contribution in [0, 0.1) is 17.2 Å².